The molecule has 2 rings (SSSR count). The molecule has 0 bridgehead atoms. The summed E-state index contributed by atoms with van der Waals surface area (Å²) in [6.07, 6.45) is 0.868. The molecule has 0 radical (unpaired) electrons. The number of nitrogens with one attached hydrogen (secondary N) is 1. The summed E-state index contributed by atoms with van der Waals surface area (Å²) in [4.78, 5) is 39.4. The van der Waals surface area contributed by atoms with Gasteiger partial charge in [-0.05, 0) is 13.3 Å². The number of rotatable bonds is 3. The van der Waals surface area contributed by atoms with Crippen LogP contribution < -0.4 is 5.32 Å². The molecule has 2 aliphatic heterocycles. The van der Waals surface area contributed by atoms with Crippen LogP contribution in [0.5, 0.6) is 0 Å². The highest BCUT2D eigenvalue weighted by atomic mass is 16.5. The largest absolute Gasteiger partial charge is 0.378 e. The molecule has 0 aliphatic carbocycles. The first-order valence-corrected chi connectivity index (χ1v) is 7.40. The molecular formula is C14H23N3O4. The molecule has 0 aromatic heterocycles. The van der Waals surface area contributed by atoms with E-state index in [-0.39, 0.29) is 30.1 Å². The van der Waals surface area contributed by atoms with E-state index in [2.05, 4.69) is 5.32 Å². The fourth-order valence-corrected chi connectivity index (χ4v) is 2.62. The van der Waals surface area contributed by atoms with E-state index in [1.807, 2.05) is 0 Å². The minimum atomic E-state index is -0.564. The number of hydrogen-bond donors (Lipinski definition) is 1. The molecule has 118 valence electrons. The third-order valence-electron chi connectivity index (χ3n) is 4.08. The molecule has 1 N–H and O–H groups in total. The molecule has 7 nitrogen and oxygen atoms in total. The zero-order valence-corrected chi connectivity index (χ0v) is 12.6. The molecule has 0 spiro atoms. The third-order valence-corrected chi connectivity index (χ3v) is 4.08. The van der Waals surface area contributed by atoms with Crippen LogP contribution in [0.25, 0.3) is 0 Å². The van der Waals surface area contributed by atoms with Gasteiger partial charge in [-0.1, -0.05) is 0 Å². The van der Waals surface area contributed by atoms with Gasteiger partial charge in [-0.2, -0.15) is 0 Å². The van der Waals surface area contributed by atoms with Crippen molar-refractivity contribution >= 4 is 17.7 Å². The number of morpholine rings is 1. The lowest BCUT2D eigenvalue weighted by Gasteiger charge is -2.31. The van der Waals surface area contributed by atoms with Gasteiger partial charge in [0.2, 0.25) is 17.7 Å². The minimum absolute atomic E-state index is 0.0199. The number of likely N-dealkylation sites (tertiary alicyclic amines) is 1. The van der Waals surface area contributed by atoms with Crippen LogP contribution in [0.15, 0.2) is 0 Å². The van der Waals surface area contributed by atoms with E-state index in [0.29, 0.717) is 39.3 Å². The van der Waals surface area contributed by atoms with Crippen LogP contribution >= 0.6 is 0 Å². The summed E-state index contributed by atoms with van der Waals surface area (Å²) in [6.45, 7) is 4.47. The number of ether oxygens (including phenoxy) is 1. The lowest BCUT2D eigenvalue weighted by molar-refractivity contribution is -0.142. The average molecular weight is 297 g/mol. The Morgan fingerprint density at radius 3 is 2.57 bits per heavy atom. The van der Waals surface area contributed by atoms with Gasteiger partial charge >= 0.3 is 0 Å². The van der Waals surface area contributed by atoms with E-state index in [4.69, 9.17) is 4.74 Å². The summed E-state index contributed by atoms with van der Waals surface area (Å²) >= 11 is 0. The summed E-state index contributed by atoms with van der Waals surface area (Å²) in [7, 11) is 1.74. The van der Waals surface area contributed by atoms with Crippen LogP contribution in [0.4, 0.5) is 0 Å². The van der Waals surface area contributed by atoms with Gasteiger partial charge in [-0.25, -0.2) is 0 Å². The summed E-state index contributed by atoms with van der Waals surface area (Å²) in [6, 6.07) is -0.564. The summed E-state index contributed by atoms with van der Waals surface area (Å²) in [5, 5.41) is 2.74. The molecule has 0 aromatic carbocycles. The Morgan fingerprint density at radius 2 is 1.95 bits per heavy atom. The van der Waals surface area contributed by atoms with Crippen molar-refractivity contribution in [3.05, 3.63) is 0 Å². The standard InChI is InChI=1S/C14H23N3O4/c1-10(14(20)17-5-7-21-8-6-17)15-13(19)11-3-4-16(2)12(18)9-11/h10-11H,3-9H2,1-2H3,(H,15,19). The lowest BCUT2D eigenvalue weighted by Crippen LogP contribution is -2.52. The molecular weight excluding hydrogens is 274 g/mol. The Bertz CT molecular complexity index is 420. The first-order valence-electron chi connectivity index (χ1n) is 7.40. The van der Waals surface area contributed by atoms with Gasteiger partial charge in [-0.3, -0.25) is 14.4 Å². The predicted octanol–water partition coefficient (Wildman–Crippen LogP) is -0.782. The number of piperidine rings is 1. The van der Waals surface area contributed by atoms with Gasteiger partial charge in [-0.15, -0.1) is 0 Å². The molecule has 2 unspecified atom stereocenters. The Kier molecular flexibility index (Phi) is 5.17. The Labute approximate surface area is 124 Å². The zero-order chi connectivity index (χ0) is 15.4. The maximum absolute atomic E-state index is 12.2. The fraction of sp³-hybridized carbons (Fsp3) is 0.786. The number of amides is 3. The second-order valence-corrected chi connectivity index (χ2v) is 5.67. The van der Waals surface area contributed by atoms with Crippen molar-refractivity contribution in [3.63, 3.8) is 0 Å². The van der Waals surface area contributed by atoms with E-state index in [0.717, 1.165) is 0 Å². The van der Waals surface area contributed by atoms with E-state index in [1.165, 1.54) is 0 Å². The Hall–Kier alpha value is -1.63. The first-order chi connectivity index (χ1) is 9.99. The van der Waals surface area contributed by atoms with Crippen LogP contribution in [-0.2, 0) is 19.1 Å². The van der Waals surface area contributed by atoms with E-state index in [9.17, 15) is 14.4 Å². The predicted molar refractivity (Wildman–Crippen MR) is 75.4 cm³/mol. The number of carbonyl (C=O) groups excluding carboxylic acids is 3. The molecule has 3 amide bonds. The maximum Gasteiger partial charge on any atom is 0.245 e. The van der Waals surface area contributed by atoms with Gasteiger partial charge in [0, 0.05) is 39.0 Å². The Balaban J connectivity index is 1.84. The van der Waals surface area contributed by atoms with Crippen LogP contribution in [0.3, 0.4) is 0 Å². The van der Waals surface area contributed by atoms with Crippen molar-refractivity contribution in [2.45, 2.75) is 25.8 Å². The van der Waals surface area contributed by atoms with Crippen molar-refractivity contribution in [1.29, 1.82) is 0 Å². The molecule has 2 heterocycles. The average Bonchev–Trinajstić information content (AvgIpc) is 2.50. The minimum Gasteiger partial charge on any atom is -0.378 e. The lowest BCUT2D eigenvalue weighted by atomic mass is 9.95. The molecule has 2 saturated heterocycles. The van der Waals surface area contributed by atoms with Gasteiger partial charge in [0.1, 0.15) is 6.04 Å². The monoisotopic (exact) mass is 297 g/mol. The first kappa shape index (κ1) is 15.8. The van der Waals surface area contributed by atoms with E-state index >= 15 is 0 Å². The van der Waals surface area contributed by atoms with Gasteiger partial charge < -0.3 is 19.9 Å². The highest BCUT2D eigenvalue weighted by Crippen LogP contribution is 2.17. The van der Waals surface area contributed by atoms with Crippen molar-refractivity contribution < 1.29 is 19.1 Å². The molecule has 0 saturated carbocycles. The summed E-state index contributed by atoms with van der Waals surface area (Å²) < 4.78 is 5.20. The van der Waals surface area contributed by atoms with E-state index in [1.54, 1.807) is 23.8 Å². The molecule has 21 heavy (non-hydrogen) atoms. The quantitative estimate of drug-likeness (QED) is 0.741. The van der Waals surface area contributed by atoms with Gasteiger partial charge in [0.25, 0.3) is 0 Å². The SMILES string of the molecule is CC(NC(=O)C1CCN(C)C(=O)C1)C(=O)N1CCOCC1. The highest BCUT2D eigenvalue weighted by Gasteiger charge is 2.31. The summed E-state index contributed by atoms with van der Waals surface area (Å²) in [5.74, 6) is -0.640. The van der Waals surface area contributed by atoms with Crippen molar-refractivity contribution in [1.82, 2.24) is 15.1 Å². The molecule has 0 aromatic rings. The van der Waals surface area contributed by atoms with Gasteiger partial charge in [0.05, 0.1) is 13.2 Å². The van der Waals surface area contributed by atoms with Crippen LogP contribution in [0.1, 0.15) is 19.8 Å². The van der Waals surface area contributed by atoms with Crippen LogP contribution in [-0.4, -0.2) is 73.5 Å². The highest BCUT2D eigenvalue weighted by molar-refractivity contribution is 5.91. The summed E-state index contributed by atoms with van der Waals surface area (Å²) in [5.41, 5.74) is 0. The van der Waals surface area contributed by atoms with Crippen molar-refractivity contribution in [2.24, 2.45) is 5.92 Å². The van der Waals surface area contributed by atoms with Crippen LogP contribution in [0, 0.1) is 5.92 Å². The van der Waals surface area contributed by atoms with Crippen molar-refractivity contribution in [2.75, 3.05) is 39.9 Å². The van der Waals surface area contributed by atoms with E-state index < -0.39 is 6.04 Å². The van der Waals surface area contributed by atoms with Crippen LogP contribution in [0.2, 0.25) is 0 Å². The Morgan fingerprint density at radius 1 is 1.29 bits per heavy atom. The second-order valence-electron chi connectivity index (χ2n) is 5.67. The number of carbonyl (C=O) groups is 3. The molecule has 2 atom stereocenters. The number of hydrogen-bond acceptors (Lipinski definition) is 4. The fourth-order valence-electron chi connectivity index (χ4n) is 2.62. The molecule has 2 aliphatic rings. The topological polar surface area (TPSA) is 79.0 Å². The van der Waals surface area contributed by atoms with Crippen molar-refractivity contribution in [3.8, 4) is 0 Å². The zero-order valence-electron chi connectivity index (χ0n) is 12.6. The van der Waals surface area contributed by atoms with Gasteiger partial charge in [0.15, 0.2) is 0 Å². The number of nitrogens with zero attached hydrogens (tertiary/aromatic N) is 2. The normalized spacial score (nSPS) is 24.7. The smallest absolute Gasteiger partial charge is 0.245 e. The maximum atomic E-state index is 12.2. The second kappa shape index (κ2) is 6.89. The molecule has 7 heteroatoms. The molecule has 2 fully saturated rings. The third kappa shape index (κ3) is 3.93.